The summed E-state index contributed by atoms with van der Waals surface area (Å²) in [6.07, 6.45) is 11.6. The molecule has 2 heterocycles. The Morgan fingerprint density at radius 1 is 0.782 bits per heavy atom. The van der Waals surface area contributed by atoms with Crippen molar-refractivity contribution in [1.29, 1.82) is 0 Å². The number of Topliss-reactive ketones (excluding diaryl/α,β-unsaturated/α-hetero) is 1. The van der Waals surface area contributed by atoms with Gasteiger partial charge in [-0.15, -0.1) is 0 Å². The van der Waals surface area contributed by atoms with Crippen molar-refractivity contribution in [2.45, 2.75) is 194 Å². The number of hydrogen-bond donors (Lipinski definition) is 4. The van der Waals surface area contributed by atoms with E-state index in [9.17, 15) is 24.0 Å². The fraction of sp³-hybridized carbons (Fsp3) is 0.860. The van der Waals surface area contributed by atoms with Gasteiger partial charge in [0, 0.05) is 25.2 Å². The Bertz CT molecular complexity index is 1440. The van der Waals surface area contributed by atoms with Crippen LogP contribution in [0.15, 0.2) is 0 Å². The lowest BCUT2D eigenvalue weighted by Crippen LogP contribution is -2.64. The Balaban J connectivity index is 1.41. The van der Waals surface area contributed by atoms with Gasteiger partial charge < -0.3 is 26.2 Å². The Hall–Kier alpha value is -3.02. The topological polar surface area (TPSA) is 157 Å². The fourth-order valence-electron chi connectivity index (χ4n) is 9.99. The van der Waals surface area contributed by atoms with Gasteiger partial charge in [-0.3, -0.25) is 33.7 Å². The number of rotatable bonds is 15. The lowest BCUT2D eigenvalue weighted by molar-refractivity contribution is -0.146. The molecule has 12 nitrogen and oxygen atoms in total. The van der Waals surface area contributed by atoms with E-state index in [4.69, 9.17) is 0 Å². The van der Waals surface area contributed by atoms with Crippen LogP contribution in [0.25, 0.3) is 0 Å². The van der Waals surface area contributed by atoms with Crippen LogP contribution in [0.5, 0.6) is 0 Å². The van der Waals surface area contributed by atoms with E-state index in [2.05, 4.69) is 60.8 Å². The number of nitrogens with one attached hydrogen (secondary N) is 4. The summed E-state index contributed by atoms with van der Waals surface area (Å²) in [7, 11) is 0. The van der Waals surface area contributed by atoms with Gasteiger partial charge in [0.25, 0.3) is 5.91 Å². The molecular formula is C43H72N6O6. The third kappa shape index (κ3) is 9.58. The van der Waals surface area contributed by atoms with E-state index in [0.29, 0.717) is 25.8 Å². The summed E-state index contributed by atoms with van der Waals surface area (Å²) < 4.78 is 0. The van der Waals surface area contributed by atoms with E-state index >= 15 is 4.79 Å². The van der Waals surface area contributed by atoms with Gasteiger partial charge in [-0.1, -0.05) is 80.6 Å². The molecule has 2 saturated heterocycles. The second-order valence-electron chi connectivity index (χ2n) is 20.0. The van der Waals surface area contributed by atoms with Crippen LogP contribution in [0, 0.1) is 28.1 Å². The molecule has 0 aromatic rings. The van der Waals surface area contributed by atoms with Gasteiger partial charge in [0.2, 0.25) is 29.4 Å². The predicted octanol–water partition coefficient (Wildman–Crippen LogP) is 4.63. The van der Waals surface area contributed by atoms with Crippen LogP contribution < -0.4 is 21.3 Å². The minimum atomic E-state index is -0.993. The van der Waals surface area contributed by atoms with Crippen molar-refractivity contribution < 1.29 is 28.8 Å². The Morgan fingerprint density at radius 2 is 1.42 bits per heavy atom. The first-order valence-corrected chi connectivity index (χ1v) is 21.6. The number of likely N-dealkylation sites (tertiary alicyclic amines) is 2. The molecule has 0 radical (unpaired) electrons. The molecule has 5 rings (SSSR count). The summed E-state index contributed by atoms with van der Waals surface area (Å²) in [5.41, 5.74) is -0.854. The molecule has 5 aliphatic rings. The number of carbonyl (C=O) groups is 6. The van der Waals surface area contributed by atoms with Crippen LogP contribution in [-0.4, -0.2) is 101 Å². The first-order chi connectivity index (χ1) is 25.8. The number of hydrogen-bond acceptors (Lipinski definition) is 7. The number of nitrogens with zero attached hydrogens (tertiary/aromatic N) is 2. The molecule has 12 heteroatoms. The van der Waals surface area contributed by atoms with Crippen molar-refractivity contribution in [1.82, 2.24) is 31.1 Å². The van der Waals surface area contributed by atoms with Crippen molar-refractivity contribution in [3.63, 3.8) is 0 Å². The fourth-order valence-corrected chi connectivity index (χ4v) is 9.99. The molecule has 0 aromatic heterocycles. The van der Waals surface area contributed by atoms with Crippen molar-refractivity contribution in [3.8, 4) is 0 Å². The maximum Gasteiger partial charge on any atom is 0.289 e. The zero-order chi connectivity index (χ0) is 40.5. The van der Waals surface area contributed by atoms with Crippen molar-refractivity contribution >= 4 is 35.3 Å². The van der Waals surface area contributed by atoms with Crippen LogP contribution in [0.1, 0.15) is 152 Å². The third-order valence-electron chi connectivity index (χ3n) is 13.9. The van der Waals surface area contributed by atoms with E-state index in [1.54, 1.807) is 4.90 Å². The van der Waals surface area contributed by atoms with Gasteiger partial charge in [0.15, 0.2) is 0 Å². The smallest absolute Gasteiger partial charge is 0.289 e. The van der Waals surface area contributed by atoms with E-state index in [1.165, 1.54) is 0 Å². The number of ketones is 1. The molecule has 2 aliphatic heterocycles. The summed E-state index contributed by atoms with van der Waals surface area (Å²) in [6, 6.07) is -3.65. The van der Waals surface area contributed by atoms with Gasteiger partial charge in [0.05, 0.1) is 12.1 Å². The first kappa shape index (κ1) is 43.1. The summed E-state index contributed by atoms with van der Waals surface area (Å²) >= 11 is 0. The Morgan fingerprint density at radius 3 is 1.91 bits per heavy atom. The van der Waals surface area contributed by atoms with Gasteiger partial charge in [0.1, 0.15) is 18.1 Å². The highest BCUT2D eigenvalue weighted by molar-refractivity contribution is 6.38. The normalized spacial score (nSPS) is 26.2. The molecule has 0 unspecified atom stereocenters. The lowest BCUT2D eigenvalue weighted by Gasteiger charge is -2.56. The Kier molecular flexibility index (Phi) is 13.5. The highest BCUT2D eigenvalue weighted by Gasteiger charge is 2.57. The lowest BCUT2D eigenvalue weighted by atomic mass is 9.49. The largest absolute Gasteiger partial charge is 0.347 e. The molecule has 310 valence electrons. The number of amides is 5. The summed E-state index contributed by atoms with van der Waals surface area (Å²) in [4.78, 5) is 87.6. The third-order valence-corrected chi connectivity index (χ3v) is 13.9. The van der Waals surface area contributed by atoms with Gasteiger partial charge in [-0.2, -0.15) is 0 Å². The minimum Gasteiger partial charge on any atom is -0.347 e. The SMILES string of the molecule is CCC[C@H](NC(=O)[C@@H]1C[C@@H](C2(C(C)(C)C)CCC2)CN1C(=O)[C@@H](NC(=O)[C@@H](NC(=O)[C@@H]1CCN1C(C)C)C1CCCCC1)C(C)(C)C)C(=O)C(=O)NC1CC1. The van der Waals surface area contributed by atoms with E-state index in [-0.39, 0.29) is 58.5 Å². The van der Waals surface area contributed by atoms with Crippen LogP contribution in [0.2, 0.25) is 0 Å². The zero-order valence-electron chi connectivity index (χ0n) is 35.4. The van der Waals surface area contributed by atoms with Gasteiger partial charge >= 0.3 is 0 Å². The molecule has 6 atom stereocenters. The first-order valence-electron chi connectivity index (χ1n) is 21.6. The molecule has 0 aromatic carbocycles. The van der Waals surface area contributed by atoms with Crippen molar-refractivity contribution in [2.24, 2.45) is 28.1 Å². The number of carbonyl (C=O) groups excluding carboxylic acids is 6. The molecular weight excluding hydrogens is 697 g/mol. The van der Waals surface area contributed by atoms with E-state index < -0.39 is 47.2 Å². The molecule has 5 amide bonds. The monoisotopic (exact) mass is 769 g/mol. The molecule has 4 N–H and O–H groups in total. The summed E-state index contributed by atoms with van der Waals surface area (Å²) in [5, 5.41) is 12.0. The summed E-state index contributed by atoms with van der Waals surface area (Å²) in [6.45, 7) is 19.7. The highest BCUT2D eigenvalue weighted by Crippen LogP contribution is 2.61. The van der Waals surface area contributed by atoms with E-state index in [1.807, 2.05) is 27.7 Å². The minimum absolute atomic E-state index is 0.0118. The standard InChI is InChI=1S/C43H72N6O6/c1-10-15-30(34(50)39(54)44-29-18-19-29)45-37(52)32-24-28(43(21-14-22-43)42(7,8)9)25-49(32)40(55)35(41(4,5)6)47-38(53)33(27-16-12-11-13-17-27)46-36(51)31-20-23-48(31)26(2)3/h26-33,35H,10-25H2,1-9H3,(H,44,54)(H,45,52)(H,46,51)(H,47,53)/t28-,30+,31+,32+,33+,35-/m1/s1. The quantitative estimate of drug-likeness (QED) is 0.177. The highest BCUT2D eigenvalue weighted by atomic mass is 16.2. The van der Waals surface area contributed by atoms with Crippen LogP contribution in [0.3, 0.4) is 0 Å². The second-order valence-corrected chi connectivity index (χ2v) is 20.0. The molecule has 3 aliphatic carbocycles. The average molecular weight is 769 g/mol. The average Bonchev–Trinajstić information content (AvgIpc) is 3.77. The molecule has 0 bridgehead atoms. The van der Waals surface area contributed by atoms with E-state index in [0.717, 1.165) is 77.2 Å². The maximum absolute atomic E-state index is 15.1. The maximum atomic E-state index is 15.1. The second kappa shape index (κ2) is 17.2. The Labute approximate surface area is 330 Å². The van der Waals surface area contributed by atoms with Crippen LogP contribution >= 0.6 is 0 Å². The molecule has 5 fully saturated rings. The van der Waals surface area contributed by atoms with Gasteiger partial charge in [-0.25, -0.2) is 0 Å². The van der Waals surface area contributed by atoms with Crippen LogP contribution in [0.4, 0.5) is 0 Å². The molecule has 55 heavy (non-hydrogen) atoms. The zero-order valence-corrected chi connectivity index (χ0v) is 35.4. The van der Waals surface area contributed by atoms with Crippen molar-refractivity contribution in [2.75, 3.05) is 13.1 Å². The summed E-state index contributed by atoms with van der Waals surface area (Å²) in [5.74, 6) is -2.61. The van der Waals surface area contributed by atoms with Crippen molar-refractivity contribution in [3.05, 3.63) is 0 Å². The van der Waals surface area contributed by atoms with Crippen LogP contribution in [-0.2, 0) is 28.8 Å². The van der Waals surface area contributed by atoms with Gasteiger partial charge in [-0.05, 0) is 99.7 Å². The predicted molar refractivity (Wildman–Crippen MR) is 212 cm³/mol. The molecule has 0 spiro atoms. The molecule has 3 saturated carbocycles.